The van der Waals surface area contributed by atoms with E-state index >= 15 is 0 Å². The van der Waals surface area contributed by atoms with Gasteiger partial charge in [0.2, 0.25) is 0 Å². The molecule has 0 radical (unpaired) electrons. The minimum absolute atomic E-state index is 0.183. The van der Waals surface area contributed by atoms with E-state index in [2.05, 4.69) is 15.1 Å². The molecule has 0 bridgehead atoms. The maximum Gasteiger partial charge on any atom is 0.151 e. The largest absolute Gasteiger partial charge is 0.394 e. The zero-order valence-corrected chi connectivity index (χ0v) is 10.7. The summed E-state index contributed by atoms with van der Waals surface area (Å²) in [4.78, 5) is 2.14. The maximum atomic E-state index is 9.34. The lowest BCUT2D eigenvalue weighted by molar-refractivity contribution is 0.266. The smallest absolute Gasteiger partial charge is 0.151 e. The van der Waals surface area contributed by atoms with Crippen LogP contribution >= 0.6 is 0 Å². The molecule has 1 aromatic heterocycles. The molecule has 3 rings (SSSR count). The first-order chi connectivity index (χ1) is 9.38. The summed E-state index contributed by atoms with van der Waals surface area (Å²) in [5.74, 6) is 0.858. The molecule has 2 aromatic rings. The second-order valence-corrected chi connectivity index (χ2v) is 4.81. The van der Waals surface area contributed by atoms with Crippen LogP contribution in [0.1, 0.15) is 12.8 Å². The van der Waals surface area contributed by atoms with E-state index < -0.39 is 0 Å². The summed E-state index contributed by atoms with van der Waals surface area (Å²) in [7, 11) is 0. The Labute approximate surface area is 112 Å². The molecular weight excluding hydrogens is 238 g/mol. The van der Waals surface area contributed by atoms with Gasteiger partial charge in [0.15, 0.2) is 5.82 Å². The fourth-order valence-corrected chi connectivity index (χ4v) is 2.57. The quantitative estimate of drug-likeness (QED) is 0.912. The summed E-state index contributed by atoms with van der Waals surface area (Å²) in [5.41, 5.74) is 1.95. The van der Waals surface area contributed by atoms with Crippen LogP contribution in [0.3, 0.4) is 0 Å². The summed E-state index contributed by atoms with van der Waals surface area (Å²) in [6.45, 7) is 1.13. The number of aliphatic hydroxyl groups is 1. The molecule has 1 aliphatic heterocycles. The van der Waals surface area contributed by atoms with E-state index in [-0.39, 0.29) is 12.6 Å². The third-order valence-corrected chi connectivity index (χ3v) is 3.60. The molecule has 4 nitrogen and oxygen atoms in total. The molecule has 0 saturated carbocycles. The molecule has 1 aliphatic rings. The highest BCUT2D eigenvalue weighted by molar-refractivity contribution is 5.59. The van der Waals surface area contributed by atoms with Gasteiger partial charge < -0.3 is 10.0 Å². The molecule has 1 unspecified atom stereocenters. The summed E-state index contributed by atoms with van der Waals surface area (Å²) in [6, 6.07) is 14.2. The second kappa shape index (κ2) is 5.36. The molecule has 0 aliphatic carbocycles. The van der Waals surface area contributed by atoms with Gasteiger partial charge in [0.05, 0.1) is 18.3 Å². The van der Waals surface area contributed by atoms with Crippen LogP contribution < -0.4 is 4.90 Å². The maximum absolute atomic E-state index is 9.34. The fraction of sp³-hybridized carbons (Fsp3) is 0.333. The molecule has 1 N–H and O–H groups in total. The van der Waals surface area contributed by atoms with E-state index in [1.807, 2.05) is 42.5 Å². The standard InChI is InChI=1S/C15H17N3O/c19-11-13-7-4-10-18(13)15-9-8-14(16-17-15)12-5-2-1-3-6-12/h1-3,5-6,8-9,13,19H,4,7,10-11H2. The van der Waals surface area contributed by atoms with Crippen LogP contribution in [0.15, 0.2) is 42.5 Å². The lowest BCUT2D eigenvalue weighted by atomic mass is 10.1. The first-order valence-electron chi connectivity index (χ1n) is 6.65. The molecule has 1 aromatic carbocycles. The van der Waals surface area contributed by atoms with Crippen molar-refractivity contribution in [1.29, 1.82) is 0 Å². The van der Waals surface area contributed by atoms with Crippen LogP contribution in [-0.2, 0) is 0 Å². The number of rotatable bonds is 3. The van der Waals surface area contributed by atoms with Gasteiger partial charge in [-0.1, -0.05) is 30.3 Å². The highest BCUT2D eigenvalue weighted by atomic mass is 16.3. The Kier molecular flexibility index (Phi) is 3.42. The van der Waals surface area contributed by atoms with E-state index in [1.54, 1.807) is 0 Å². The zero-order valence-electron chi connectivity index (χ0n) is 10.7. The Morgan fingerprint density at radius 2 is 1.95 bits per heavy atom. The van der Waals surface area contributed by atoms with Gasteiger partial charge in [-0.05, 0) is 25.0 Å². The first-order valence-corrected chi connectivity index (χ1v) is 6.65. The van der Waals surface area contributed by atoms with Gasteiger partial charge >= 0.3 is 0 Å². The first kappa shape index (κ1) is 12.1. The lowest BCUT2D eigenvalue weighted by Gasteiger charge is -2.23. The monoisotopic (exact) mass is 255 g/mol. The third kappa shape index (κ3) is 2.44. The molecule has 1 atom stereocenters. The average molecular weight is 255 g/mol. The van der Waals surface area contributed by atoms with Crippen LogP contribution in [0.25, 0.3) is 11.3 Å². The predicted molar refractivity (Wildman–Crippen MR) is 74.9 cm³/mol. The van der Waals surface area contributed by atoms with Crippen LogP contribution in [-0.4, -0.2) is 34.5 Å². The van der Waals surface area contributed by atoms with Gasteiger partial charge in [-0.25, -0.2) is 0 Å². The molecule has 19 heavy (non-hydrogen) atoms. The summed E-state index contributed by atoms with van der Waals surface area (Å²) >= 11 is 0. The minimum atomic E-state index is 0.183. The van der Waals surface area contributed by atoms with E-state index in [0.29, 0.717) is 0 Å². The number of hydrogen-bond acceptors (Lipinski definition) is 4. The minimum Gasteiger partial charge on any atom is -0.394 e. The van der Waals surface area contributed by atoms with Crippen LogP contribution in [0.4, 0.5) is 5.82 Å². The van der Waals surface area contributed by atoms with E-state index in [4.69, 9.17) is 0 Å². The summed E-state index contributed by atoms with van der Waals surface area (Å²) in [5, 5.41) is 17.9. The summed E-state index contributed by atoms with van der Waals surface area (Å²) in [6.07, 6.45) is 2.13. The SMILES string of the molecule is OCC1CCCN1c1ccc(-c2ccccc2)nn1. The number of nitrogens with zero attached hydrogens (tertiary/aromatic N) is 3. The number of aromatic nitrogens is 2. The molecule has 98 valence electrons. The Morgan fingerprint density at radius 1 is 1.11 bits per heavy atom. The van der Waals surface area contributed by atoms with Crippen molar-refractivity contribution in [3.05, 3.63) is 42.5 Å². The number of aliphatic hydroxyl groups excluding tert-OH is 1. The number of benzene rings is 1. The van der Waals surface area contributed by atoms with Crippen molar-refractivity contribution in [3.63, 3.8) is 0 Å². The van der Waals surface area contributed by atoms with Gasteiger partial charge in [-0.3, -0.25) is 0 Å². The molecule has 1 saturated heterocycles. The van der Waals surface area contributed by atoms with E-state index in [9.17, 15) is 5.11 Å². The van der Waals surface area contributed by atoms with Crippen molar-refractivity contribution < 1.29 is 5.11 Å². The molecule has 0 spiro atoms. The molecular formula is C15H17N3O. The Hall–Kier alpha value is -1.94. The highest BCUT2D eigenvalue weighted by Gasteiger charge is 2.24. The molecule has 1 fully saturated rings. The van der Waals surface area contributed by atoms with Gasteiger partial charge in [0, 0.05) is 12.1 Å². The second-order valence-electron chi connectivity index (χ2n) is 4.81. The zero-order chi connectivity index (χ0) is 13.1. The number of anilines is 1. The van der Waals surface area contributed by atoms with Crippen molar-refractivity contribution in [2.24, 2.45) is 0 Å². The molecule has 0 amide bonds. The normalized spacial score (nSPS) is 18.8. The highest BCUT2D eigenvalue weighted by Crippen LogP contribution is 2.24. The Morgan fingerprint density at radius 3 is 2.63 bits per heavy atom. The van der Waals surface area contributed by atoms with E-state index in [1.165, 1.54) is 0 Å². The van der Waals surface area contributed by atoms with Crippen LogP contribution in [0, 0.1) is 0 Å². The number of hydrogen-bond donors (Lipinski definition) is 1. The van der Waals surface area contributed by atoms with Crippen molar-refractivity contribution >= 4 is 5.82 Å². The van der Waals surface area contributed by atoms with Gasteiger partial charge in [0.1, 0.15) is 0 Å². The molecule has 4 heteroatoms. The summed E-state index contributed by atoms with van der Waals surface area (Å²) < 4.78 is 0. The molecule has 2 heterocycles. The van der Waals surface area contributed by atoms with Crippen LogP contribution in [0.2, 0.25) is 0 Å². The topological polar surface area (TPSA) is 49.2 Å². The van der Waals surface area contributed by atoms with E-state index in [0.717, 1.165) is 36.5 Å². The van der Waals surface area contributed by atoms with Gasteiger partial charge in [0.25, 0.3) is 0 Å². The van der Waals surface area contributed by atoms with Gasteiger partial charge in [-0.2, -0.15) is 0 Å². The Balaban J connectivity index is 1.83. The predicted octanol–water partition coefficient (Wildman–Crippen LogP) is 2.10. The van der Waals surface area contributed by atoms with Gasteiger partial charge in [-0.15, -0.1) is 10.2 Å². The van der Waals surface area contributed by atoms with Crippen molar-refractivity contribution in [3.8, 4) is 11.3 Å². The van der Waals surface area contributed by atoms with Crippen LogP contribution in [0.5, 0.6) is 0 Å². The third-order valence-electron chi connectivity index (χ3n) is 3.60. The van der Waals surface area contributed by atoms with Crippen molar-refractivity contribution in [2.75, 3.05) is 18.1 Å². The van der Waals surface area contributed by atoms with Crippen molar-refractivity contribution in [2.45, 2.75) is 18.9 Å². The average Bonchev–Trinajstić information content (AvgIpc) is 2.97. The fourth-order valence-electron chi connectivity index (χ4n) is 2.57. The lowest BCUT2D eigenvalue weighted by Crippen LogP contribution is -2.32. The van der Waals surface area contributed by atoms with Crippen molar-refractivity contribution in [1.82, 2.24) is 10.2 Å². The Bertz CT molecular complexity index is 527.